The van der Waals surface area contributed by atoms with Crippen LogP contribution in [0.15, 0.2) is 35.5 Å². The topological polar surface area (TPSA) is 224 Å². The van der Waals surface area contributed by atoms with E-state index in [4.69, 9.17) is 54.2 Å². The number of carbonyl (C=O) groups excluding carboxylic acids is 1. The number of esters is 1. The summed E-state index contributed by atoms with van der Waals surface area (Å²) >= 11 is 1.52. The molecule has 0 aromatic carbocycles. The average Bonchev–Trinajstić information content (AvgIpc) is 3.78. The lowest BCUT2D eigenvalue weighted by Crippen LogP contribution is -2.62. The molecule has 0 spiro atoms. The highest BCUT2D eigenvalue weighted by Crippen LogP contribution is 2.42. The summed E-state index contributed by atoms with van der Waals surface area (Å²) in [6.45, 7) is 19.7. The Hall–Kier alpha value is -2.89. The van der Waals surface area contributed by atoms with Crippen LogP contribution in [0.2, 0.25) is 0 Å². The van der Waals surface area contributed by atoms with Crippen LogP contribution in [-0.4, -0.2) is 175 Å². The van der Waals surface area contributed by atoms with Crippen molar-refractivity contribution in [1.29, 1.82) is 0 Å². The van der Waals surface area contributed by atoms with Crippen LogP contribution in [0.4, 0.5) is 5.82 Å². The molecule has 396 valence electrons. The number of pyridine rings is 1. The molecule has 0 amide bonds. The van der Waals surface area contributed by atoms with Gasteiger partial charge in [0.2, 0.25) is 0 Å². The van der Waals surface area contributed by atoms with Gasteiger partial charge < -0.3 is 74.2 Å². The Labute approximate surface area is 419 Å². The van der Waals surface area contributed by atoms with E-state index in [1.165, 1.54) is 11.3 Å². The molecule has 19 heteroatoms. The first-order valence-electron chi connectivity index (χ1n) is 25.1. The second-order valence-electron chi connectivity index (χ2n) is 21.4. The predicted octanol–water partition coefficient (Wildman–Crippen LogP) is 5.21. The van der Waals surface area contributed by atoms with Gasteiger partial charge in [0.15, 0.2) is 19.2 Å². The summed E-state index contributed by atoms with van der Waals surface area (Å²) in [7, 11) is 7.51. The van der Waals surface area contributed by atoms with Gasteiger partial charge in [0.25, 0.3) is 0 Å². The Bertz CT molecular complexity index is 2050. The first-order valence-corrected chi connectivity index (χ1v) is 25.9. The van der Waals surface area contributed by atoms with E-state index in [1.807, 2.05) is 98.8 Å². The molecule has 2 bridgehead atoms. The van der Waals surface area contributed by atoms with Crippen LogP contribution < -0.4 is 11.5 Å². The minimum atomic E-state index is -1.68. The van der Waals surface area contributed by atoms with Gasteiger partial charge in [-0.25, -0.2) is 4.98 Å². The van der Waals surface area contributed by atoms with Gasteiger partial charge in [-0.3, -0.25) is 4.79 Å². The first kappa shape index (κ1) is 56.4. The average molecular weight is 1010 g/mol. The molecule has 0 saturated carbocycles. The number of anilines is 1. The largest absolute Gasteiger partial charge is 0.459 e. The Morgan fingerprint density at radius 3 is 2.43 bits per heavy atom. The SMILES string of the molecule is CC[C@H]1OC(=O)[C@H](C)[C@@H](O[C@H]2C[C@@](C)(OC)[C@H](N)[C@H](C)O2)[C@H](C)[C@@H](O[C@@H]2O[C@H](C)C[C@H](N(C)C)[C@H]2O)[C@@]2(C)C[C@@H](C)N(C)C[C@H](C)[C@H](OC/C(=N\OCc3ccc(-c4cccc(N)n4)s3)CO2)[C@]1(C)O. The molecule has 18 atom stereocenters. The zero-order valence-corrected chi connectivity index (χ0v) is 44.8. The van der Waals surface area contributed by atoms with Gasteiger partial charge in [0, 0.05) is 43.0 Å². The number of nitrogens with zero attached hydrogens (tertiary/aromatic N) is 4. The molecule has 18 nitrogen and oxygen atoms in total. The second-order valence-corrected chi connectivity index (χ2v) is 22.6. The molecule has 2 aromatic rings. The summed E-state index contributed by atoms with van der Waals surface area (Å²) in [6.07, 6.45) is -5.90. The minimum Gasteiger partial charge on any atom is -0.459 e. The third-order valence-electron chi connectivity index (χ3n) is 15.4. The van der Waals surface area contributed by atoms with Gasteiger partial charge in [-0.1, -0.05) is 32.0 Å². The first-order chi connectivity index (χ1) is 32.9. The third kappa shape index (κ3) is 12.9. The van der Waals surface area contributed by atoms with Crippen molar-refractivity contribution in [2.45, 2.75) is 192 Å². The summed E-state index contributed by atoms with van der Waals surface area (Å²) in [5, 5.41) is 29.5. The molecule has 5 saturated heterocycles. The van der Waals surface area contributed by atoms with Crippen molar-refractivity contribution in [3.8, 4) is 10.6 Å². The molecule has 0 aliphatic carbocycles. The maximum atomic E-state index is 14.9. The van der Waals surface area contributed by atoms with Crippen LogP contribution in [0.25, 0.3) is 10.6 Å². The summed E-state index contributed by atoms with van der Waals surface area (Å²) in [5.41, 5.74) is 10.1. The number of rotatable bonds is 11. The van der Waals surface area contributed by atoms with E-state index in [0.29, 0.717) is 30.9 Å². The molecule has 2 aromatic heterocycles. The van der Waals surface area contributed by atoms with Gasteiger partial charge in [0.1, 0.15) is 29.3 Å². The maximum Gasteiger partial charge on any atom is 0.311 e. The second kappa shape index (κ2) is 23.5. The molecular weight excluding hydrogens is 921 g/mol. The number of likely N-dealkylation sites (N-methyl/N-ethyl adjacent to an activating group) is 1. The number of thiophene rings is 1. The van der Waals surface area contributed by atoms with Crippen LogP contribution in [-0.2, 0) is 54.1 Å². The van der Waals surface area contributed by atoms with Gasteiger partial charge in [0.05, 0.1) is 77.5 Å². The molecule has 7 heterocycles. The predicted molar refractivity (Wildman–Crippen MR) is 268 cm³/mol. The summed E-state index contributed by atoms with van der Waals surface area (Å²) in [6, 6.07) is 8.58. The quantitative estimate of drug-likeness (QED) is 0.168. The maximum absolute atomic E-state index is 14.9. The number of aliphatic hydroxyl groups excluding tert-OH is 1. The van der Waals surface area contributed by atoms with Crippen molar-refractivity contribution in [2.24, 2.45) is 28.6 Å². The van der Waals surface area contributed by atoms with Crippen LogP contribution >= 0.6 is 11.3 Å². The Morgan fingerprint density at radius 2 is 1.76 bits per heavy atom. The smallest absolute Gasteiger partial charge is 0.311 e. The standard InChI is InChI=1S/C51H84N6O12S/c1-15-39-51(10,60)45-28(2)24-57(13)29(3)22-50(9,63-26-34(25-62-45)55-64-27-35-19-20-38(70-35)36-17-16-18-40(52)54-36)46(69-48-42(58)37(56(11)12)21-30(4)65-48)31(5)43(32(6)47(59)67-39)68-41-23-49(8,61-14)44(53)33(7)66-41/h16-20,28-33,37,39,41-46,48,58,60H,15,21-27,53H2,1-14H3,(H2,52,54)/b55-34+/t28-,29+,30+,31-,32+,33-,37-,39+,41-,42+,43-,44+,45-,46+,48-,49+,50+,51+/m0/s1. The molecule has 5 aliphatic rings. The number of methoxy groups -OCH3 is 1. The van der Waals surface area contributed by atoms with Crippen LogP contribution in [0.3, 0.4) is 0 Å². The molecule has 7 rings (SSSR count). The number of ether oxygens (including phenoxy) is 8. The lowest BCUT2D eigenvalue weighted by Gasteiger charge is -2.50. The number of fused-ring (bicyclic) bond motifs is 15. The zero-order chi connectivity index (χ0) is 51.5. The highest BCUT2D eigenvalue weighted by molar-refractivity contribution is 7.15. The molecule has 70 heavy (non-hydrogen) atoms. The summed E-state index contributed by atoms with van der Waals surface area (Å²) in [5.74, 6) is -2.06. The third-order valence-corrected chi connectivity index (χ3v) is 16.5. The van der Waals surface area contributed by atoms with E-state index < -0.39 is 89.9 Å². The van der Waals surface area contributed by atoms with E-state index in [9.17, 15) is 15.0 Å². The number of oxime groups is 1. The zero-order valence-electron chi connectivity index (χ0n) is 44.0. The summed E-state index contributed by atoms with van der Waals surface area (Å²) < 4.78 is 53.7. The Kier molecular flexibility index (Phi) is 19.0. The highest BCUT2D eigenvalue weighted by Gasteiger charge is 2.54. The molecular formula is C51H84N6O12S. The lowest BCUT2D eigenvalue weighted by molar-refractivity contribution is -0.313. The minimum absolute atomic E-state index is 0.0719. The van der Waals surface area contributed by atoms with Crippen molar-refractivity contribution >= 4 is 28.8 Å². The van der Waals surface area contributed by atoms with E-state index >= 15 is 0 Å². The molecule has 5 fully saturated rings. The monoisotopic (exact) mass is 1000 g/mol. The van der Waals surface area contributed by atoms with Crippen molar-refractivity contribution < 1.29 is 57.7 Å². The Morgan fingerprint density at radius 1 is 1.03 bits per heavy atom. The van der Waals surface area contributed by atoms with Gasteiger partial charge >= 0.3 is 5.97 Å². The van der Waals surface area contributed by atoms with Gasteiger partial charge in [-0.05, 0) is 119 Å². The van der Waals surface area contributed by atoms with E-state index in [2.05, 4.69) is 22.0 Å². The number of hydrogen-bond donors (Lipinski definition) is 4. The number of nitrogen functional groups attached to an aromatic ring is 1. The lowest BCUT2D eigenvalue weighted by atomic mass is 9.78. The number of carbonyl (C=O) groups is 1. The van der Waals surface area contributed by atoms with Crippen LogP contribution in [0.5, 0.6) is 0 Å². The fourth-order valence-electron chi connectivity index (χ4n) is 11.0. The van der Waals surface area contributed by atoms with Crippen LogP contribution in [0, 0.1) is 17.8 Å². The van der Waals surface area contributed by atoms with Crippen molar-refractivity contribution in [3.63, 3.8) is 0 Å². The molecule has 0 radical (unpaired) electrons. The van der Waals surface area contributed by atoms with Crippen molar-refractivity contribution in [1.82, 2.24) is 14.8 Å². The van der Waals surface area contributed by atoms with Crippen LogP contribution in [0.1, 0.15) is 99.8 Å². The normalized spacial score (nSPS) is 41.5. The van der Waals surface area contributed by atoms with E-state index in [1.54, 1.807) is 27.0 Å². The number of aromatic nitrogens is 1. The summed E-state index contributed by atoms with van der Waals surface area (Å²) in [4.78, 5) is 31.5. The molecule has 6 N–H and O–H groups in total. The van der Waals surface area contributed by atoms with Crippen molar-refractivity contribution in [2.75, 3.05) is 53.7 Å². The van der Waals surface area contributed by atoms with Gasteiger partial charge in [-0.15, -0.1) is 11.3 Å². The van der Waals surface area contributed by atoms with Crippen molar-refractivity contribution in [3.05, 3.63) is 35.2 Å². The number of aliphatic hydroxyl groups is 2. The van der Waals surface area contributed by atoms with E-state index in [-0.39, 0.29) is 56.8 Å². The number of hydrogen-bond acceptors (Lipinski definition) is 19. The van der Waals surface area contributed by atoms with Gasteiger partial charge in [-0.2, -0.15) is 0 Å². The Balaban J connectivity index is 1.48. The fourth-order valence-corrected chi connectivity index (χ4v) is 11.9. The highest BCUT2D eigenvalue weighted by atomic mass is 32.1. The molecule has 5 aliphatic heterocycles. The molecule has 0 unspecified atom stereocenters. The fraction of sp³-hybridized carbons (Fsp3) is 0.784. The number of nitrogens with two attached hydrogens (primary N) is 2. The van der Waals surface area contributed by atoms with E-state index in [0.717, 1.165) is 15.4 Å².